The Morgan fingerprint density at radius 2 is 1.19 bits per heavy atom. The van der Waals surface area contributed by atoms with E-state index in [-0.39, 0.29) is 0 Å². The highest BCUT2D eigenvalue weighted by atomic mass is 14.2. The minimum Gasteiger partial charge on any atom is -0.0651 e. The van der Waals surface area contributed by atoms with Crippen molar-refractivity contribution in [1.82, 2.24) is 0 Å². The van der Waals surface area contributed by atoms with E-state index in [1.54, 1.807) is 0 Å². The number of hydrogen-bond donors (Lipinski definition) is 0. The van der Waals surface area contributed by atoms with Gasteiger partial charge in [0.05, 0.1) is 0 Å². The van der Waals surface area contributed by atoms with Gasteiger partial charge < -0.3 is 0 Å². The third-order valence-electron chi connectivity index (χ3n) is 5.37. The van der Waals surface area contributed by atoms with Gasteiger partial charge in [0.1, 0.15) is 0 Å². The van der Waals surface area contributed by atoms with Crippen LogP contribution in [-0.2, 0) is 0 Å². The molecule has 0 heteroatoms. The monoisotopic (exact) mass is 354 g/mol. The Morgan fingerprint density at radius 3 is 1.70 bits per heavy atom. The highest BCUT2D eigenvalue weighted by Gasteiger charge is 2.14. The highest BCUT2D eigenvalue weighted by molar-refractivity contribution is 5.98. The van der Waals surface area contributed by atoms with E-state index >= 15 is 0 Å². The Labute approximate surface area is 164 Å². The third kappa shape index (κ3) is 4.57. The van der Waals surface area contributed by atoms with Gasteiger partial charge in [-0.1, -0.05) is 112 Å². The van der Waals surface area contributed by atoms with E-state index in [0.717, 1.165) is 12.8 Å². The van der Waals surface area contributed by atoms with Crippen molar-refractivity contribution in [3.05, 3.63) is 107 Å². The molecule has 27 heavy (non-hydrogen) atoms. The van der Waals surface area contributed by atoms with E-state index in [1.165, 1.54) is 39.8 Å². The van der Waals surface area contributed by atoms with Crippen molar-refractivity contribution < 1.29 is 0 Å². The molecule has 3 aromatic carbocycles. The van der Waals surface area contributed by atoms with Crippen LogP contribution in [0.3, 0.4) is 0 Å². The summed E-state index contributed by atoms with van der Waals surface area (Å²) in [5.74, 6) is 0.604. The van der Waals surface area contributed by atoms with Crippen LogP contribution in [0.15, 0.2) is 84.9 Å². The van der Waals surface area contributed by atoms with Gasteiger partial charge in [-0.05, 0) is 52.2 Å². The molecule has 0 N–H and O–H groups in total. The Kier molecular flexibility index (Phi) is 6.65. The number of allylic oxidation sites excluding steroid dienone is 1. The van der Waals surface area contributed by atoms with Gasteiger partial charge in [-0.3, -0.25) is 0 Å². The first-order valence-corrected chi connectivity index (χ1v) is 10.2. The van der Waals surface area contributed by atoms with Crippen LogP contribution in [0.25, 0.3) is 11.1 Å². The van der Waals surface area contributed by atoms with E-state index in [1.807, 2.05) is 0 Å². The fourth-order valence-corrected chi connectivity index (χ4v) is 3.64. The third-order valence-corrected chi connectivity index (χ3v) is 5.37. The standard InChI is InChI=1S/C27H30/c1-4-12-26(23-13-8-6-9-14-23)27(24-15-10-7-11-16-24)25-19-17-22(18-20-25)21(3)5-2/h6-11,13-21H,4-5,12H2,1-3H3/b27-26-. The Bertz CT molecular complexity index is 855. The Hall–Kier alpha value is -2.60. The molecule has 0 fully saturated rings. The van der Waals surface area contributed by atoms with Crippen LogP contribution >= 0.6 is 0 Å². The fourth-order valence-electron chi connectivity index (χ4n) is 3.64. The average molecular weight is 355 g/mol. The fraction of sp³-hybridized carbons (Fsp3) is 0.259. The molecule has 0 saturated carbocycles. The minimum atomic E-state index is 0.604. The Morgan fingerprint density at radius 1 is 0.667 bits per heavy atom. The van der Waals surface area contributed by atoms with Crippen LogP contribution in [0.2, 0.25) is 0 Å². The topological polar surface area (TPSA) is 0 Å². The summed E-state index contributed by atoms with van der Waals surface area (Å²) >= 11 is 0. The van der Waals surface area contributed by atoms with Crippen LogP contribution in [0.5, 0.6) is 0 Å². The molecule has 0 aliphatic rings. The van der Waals surface area contributed by atoms with E-state index in [4.69, 9.17) is 0 Å². The average Bonchev–Trinajstić information content (AvgIpc) is 2.74. The normalized spacial score (nSPS) is 13.1. The Balaban J connectivity index is 2.19. The van der Waals surface area contributed by atoms with Gasteiger partial charge in [0.2, 0.25) is 0 Å². The van der Waals surface area contributed by atoms with Crippen molar-refractivity contribution >= 4 is 11.1 Å². The molecule has 0 amide bonds. The lowest BCUT2D eigenvalue weighted by molar-refractivity contribution is 0.733. The maximum absolute atomic E-state index is 2.31. The molecule has 0 bridgehead atoms. The molecule has 1 atom stereocenters. The van der Waals surface area contributed by atoms with Gasteiger partial charge in [0, 0.05) is 0 Å². The summed E-state index contributed by atoms with van der Waals surface area (Å²) in [4.78, 5) is 0. The molecular formula is C27H30. The predicted octanol–water partition coefficient (Wildman–Crippen LogP) is 7.96. The first-order chi connectivity index (χ1) is 13.2. The largest absolute Gasteiger partial charge is 0.0651 e. The van der Waals surface area contributed by atoms with Crippen LogP contribution in [0.1, 0.15) is 68.2 Å². The summed E-state index contributed by atoms with van der Waals surface area (Å²) in [5.41, 5.74) is 8.14. The summed E-state index contributed by atoms with van der Waals surface area (Å²) in [7, 11) is 0. The second-order valence-electron chi connectivity index (χ2n) is 7.27. The van der Waals surface area contributed by atoms with Gasteiger partial charge in [0.25, 0.3) is 0 Å². The van der Waals surface area contributed by atoms with Gasteiger partial charge in [-0.2, -0.15) is 0 Å². The molecule has 0 aromatic heterocycles. The summed E-state index contributed by atoms with van der Waals surface area (Å²) in [5, 5.41) is 0. The molecule has 0 aliphatic heterocycles. The van der Waals surface area contributed by atoms with Gasteiger partial charge in [0.15, 0.2) is 0 Å². The summed E-state index contributed by atoms with van der Waals surface area (Å²) in [6.07, 6.45) is 3.37. The quantitative estimate of drug-likeness (QED) is 0.377. The molecule has 3 aromatic rings. The molecule has 0 aliphatic carbocycles. The molecule has 138 valence electrons. The van der Waals surface area contributed by atoms with Gasteiger partial charge in [-0.15, -0.1) is 0 Å². The van der Waals surface area contributed by atoms with E-state index in [2.05, 4.69) is 106 Å². The van der Waals surface area contributed by atoms with Gasteiger partial charge >= 0.3 is 0 Å². The SMILES string of the molecule is CCC/C(=C(\c1ccccc1)c1ccc(C(C)CC)cc1)c1ccccc1. The predicted molar refractivity (Wildman–Crippen MR) is 119 cm³/mol. The molecule has 0 radical (unpaired) electrons. The number of rotatable bonds is 7. The summed E-state index contributed by atoms with van der Waals surface area (Å²) in [6, 6.07) is 30.9. The van der Waals surface area contributed by atoms with Crippen molar-refractivity contribution in [2.45, 2.75) is 46.0 Å². The molecular weight excluding hydrogens is 324 g/mol. The lowest BCUT2D eigenvalue weighted by Crippen LogP contribution is -1.97. The zero-order valence-electron chi connectivity index (χ0n) is 16.8. The second-order valence-corrected chi connectivity index (χ2v) is 7.27. The van der Waals surface area contributed by atoms with Crippen LogP contribution < -0.4 is 0 Å². The number of hydrogen-bond acceptors (Lipinski definition) is 0. The van der Waals surface area contributed by atoms with E-state index < -0.39 is 0 Å². The molecule has 0 nitrogen and oxygen atoms in total. The maximum Gasteiger partial charge on any atom is -0.00734 e. The smallest absolute Gasteiger partial charge is 0.00734 e. The molecule has 1 unspecified atom stereocenters. The molecule has 0 heterocycles. The molecule has 0 saturated heterocycles. The van der Waals surface area contributed by atoms with Crippen molar-refractivity contribution in [3.63, 3.8) is 0 Å². The lowest BCUT2D eigenvalue weighted by atomic mass is 9.86. The lowest BCUT2D eigenvalue weighted by Gasteiger charge is -2.18. The molecule has 0 spiro atoms. The van der Waals surface area contributed by atoms with Crippen molar-refractivity contribution in [3.8, 4) is 0 Å². The zero-order valence-corrected chi connectivity index (χ0v) is 16.8. The van der Waals surface area contributed by atoms with Crippen LogP contribution in [0, 0.1) is 0 Å². The van der Waals surface area contributed by atoms with Crippen LogP contribution in [0.4, 0.5) is 0 Å². The number of benzene rings is 3. The minimum absolute atomic E-state index is 0.604. The first-order valence-electron chi connectivity index (χ1n) is 10.2. The first kappa shape index (κ1) is 19.2. The van der Waals surface area contributed by atoms with E-state index in [0.29, 0.717) is 5.92 Å². The second kappa shape index (κ2) is 9.37. The maximum atomic E-state index is 2.31. The van der Waals surface area contributed by atoms with Crippen LogP contribution in [-0.4, -0.2) is 0 Å². The van der Waals surface area contributed by atoms with Crippen molar-refractivity contribution in [2.75, 3.05) is 0 Å². The zero-order chi connectivity index (χ0) is 19.1. The van der Waals surface area contributed by atoms with Crippen molar-refractivity contribution in [1.29, 1.82) is 0 Å². The molecule has 3 rings (SSSR count). The highest BCUT2D eigenvalue weighted by Crippen LogP contribution is 2.35. The van der Waals surface area contributed by atoms with E-state index in [9.17, 15) is 0 Å². The summed E-state index contributed by atoms with van der Waals surface area (Å²) in [6.45, 7) is 6.82. The summed E-state index contributed by atoms with van der Waals surface area (Å²) < 4.78 is 0. The van der Waals surface area contributed by atoms with Crippen molar-refractivity contribution in [2.24, 2.45) is 0 Å². The van der Waals surface area contributed by atoms with Gasteiger partial charge in [-0.25, -0.2) is 0 Å².